The van der Waals surface area contributed by atoms with Crippen molar-refractivity contribution in [2.45, 2.75) is 66.2 Å². The van der Waals surface area contributed by atoms with Crippen LogP contribution in [-0.4, -0.2) is 48.6 Å². The minimum atomic E-state index is -1.09. The molecule has 9 nitrogen and oxygen atoms in total. The number of pyridine rings is 1. The van der Waals surface area contributed by atoms with Crippen molar-refractivity contribution in [3.8, 4) is 5.75 Å². The lowest BCUT2D eigenvalue weighted by atomic mass is 9.69. The highest BCUT2D eigenvalue weighted by molar-refractivity contribution is 5.81. The number of hydrogen-bond donors (Lipinski definition) is 2. The molecular weight excluding hydrogens is 506 g/mol. The summed E-state index contributed by atoms with van der Waals surface area (Å²) >= 11 is 0. The third kappa shape index (κ3) is 5.01. The number of nitrogens with zero attached hydrogens (tertiary/aromatic N) is 4. The molecule has 5 rings (SSSR count). The maximum absolute atomic E-state index is 12.6. The van der Waals surface area contributed by atoms with E-state index >= 15 is 0 Å². The molecule has 2 atom stereocenters. The van der Waals surface area contributed by atoms with E-state index in [4.69, 9.17) is 4.74 Å². The standard InChI is InChI=1S/C31H37N5O4/c1-7-22-16-36(17-24-26(40-22)12-13-27(37)32-24)15-21-14-20(9-8-18(21)2)28(31(4,5)30(38)39)23-10-11-25-29(19(23)3)33-34-35(25)6/h8-14,22,28H,7,15-17H2,1-6H3,(H,32,37)(H,38,39)/t22-,28+/m1/s1. The van der Waals surface area contributed by atoms with E-state index < -0.39 is 17.3 Å². The summed E-state index contributed by atoms with van der Waals surface area (Å²) in [4.78, 5) is 29.9. The third-order valence-electron chi connectivity index (χ3n) is 8.31. The highest BCUT2D eigenvalue weighted by Gasteiger charge is 2.40. The van der Waals surface area contributed by atoms with E-state index in [0.717, 1.165) is 56.7 Å². The third-order valence-corrected chi connectivity index (χ3v) is 8.31. The number of H-pyrrole nitrogens is 1. The van der Waals surface area contributed by atoms with Crippen molar-refractivity contribution in [2.24, 2.45) is 12.5 Å². The second-order valence-electron chi connectivity index (χ2n) is 11.5. The van der Waals surface area contributed by atoms with Crippen LogP contribution in [0.2, 0.25) is 0 Å². The molecule has 2 aromatic heterocycles. The number of carboxylic acids is 1. The Kier molecular flexibility index (Phi) is 7.27. The SMILES string of the molecule is CC[C@@H]1CN(Cc2cc([C@@H](c3ccc4c(nnn4C)c3C)C(C)(C)C(=O)O)ccc2C)Cc2[nH]c(=O)ccc2O1. The number of benzene rings is 2. The zero-order chi connectivity index (χ0) is 28.8. The second kappa shape index (κ2) is 10.5. The van der Waals surface area contributed by atoms with Gasteiger partial charge < -0.3 is 14.8 Å². The van der Waals surface area contributed by atoms with Crippen LogP contribution >= 0.6 is 0 Å². The second-order valence-corrected chi connectivity index (χ2v) is 11.5. The highest BCUT2D eigenvalue weighted by atomic mass is 16.5. The molecule has 0 saturated heterocycles. The Hall–Kier alpha value is -3.98. The summed E-state index contributed by atoms with van der Waals surface area (Å²) in [6, 6.07) is 13.5. The monoisotopic (exact) mass is 543 g/mol. The van der Waals surface area contributed by atoms with Crippen LogP contribution in [0, 0.1) is 19.3 Å². The number of aryl methyl sites for hydroxylation is 3. The lowest BCUT2D eigenvalue weighted by Gasteiger charge is -2.33. The van der Waals surface area contributed by atoms with E-state index in [-0.39, 0.29) is 11.7 Å². The van der Waals surface area contributed by atoms with Gasteiger partial charge in [-0.05, 0) is 74.1 Å². The number of carboxylic acid groups (broad SMARTS) is 1. The number of nitrogens with one attached hydrogen (secondary N) is 1. The van der Waals surface area contributed by atoms with E-state index in [1.54, 1.807) is 24.6 Å². The minimum Gasteiger partial charge on any atom is -0.487 e. The van der Waals surface area contributed by atoms with Crippen LogP contribution in [0.15, 0.2) is 47.3 Å². The maximum Gasteiger partial charge on any atom is 0.310 e. The van der Waals surface area contributed by atoms with Crippen molar-refractivity contribution in [1.82, 2.24) is 24.9 Å². The Labute approximate surface area is 233 Å². The molecule has 4 aromatic rings. The van der Waals surface area contributed by atoms with E-state index in [9.17, 15) is 14.7 Å². The summed E-state index contributed by atoms with van der Waals surface area (Å²) in [5, 5.41) is 18.9. The molecule has 9 heteroatoms. The van der Waals surface area contributed by atoms with Gasteiger partial charge in [0.25, 0.3) is 0 Å². The largest absolute Gasteiger partial charge is 0.487 e. The quantitative estimate of drug-likeness (QED) is 0.348. The minimum absolute atomic E-state index is 0.00399. The molecule has 0 radical (unpaired) electrons. The summed E-state index contributed by atoms with van der Waals surface area (Å²) < 4.78 is 7.94. The van der Waals surface area contributed by atoms with Crippen LogP contribution in [-0.2, 0) is 24.9 Å². The number of hydrogen-bond acceptors (Lipinski definition) is 6. The number of aromatic nitrogens is 4. The summed E-state index contributed by atoms with van der Waals surface area (Å²) in [5.41, 5.74) is 6.25. The number of rotatable bonds is 7. The van der Waals surface area contributed by atoms with Crippen LogP contribution in [0.25, 0.3) is 11.0 Å². The highest BCUT2D eigenvalue weighted by Crippen LogP contribution is 2.44. The fraction of sp³-hybridized carbons (Fsp3) is 0.419. The normalized spacial score (nSPS) is 16.8. The molecule has 0 amide bonds. The Bertz CT molecular complexity index is 1640. The topological polar surface area (TPSA) is 113 Å². The molecule has 0 fully saturated rings. The van der Waals surface area contributed by atoms with Gasteiger partial charge in [-0.1, -0.05) is 36.4 Å². The summed E-state index contributed by atoms with van der Waals surface area (Å²) in [6.07, 6.45) is 0.836. The van der Waals surface area contributed by atoms with Gasteiger partial charge >= 0.3 is 5.97 Å². The van der Waals surface area contributed by atoms with E-state index in [2.05, 4.69) is 46.2 Å². The van der Waals surface area contributed by atoms with Crippen LogP contribution in [0.5, 0.6) is 5.75 Å². The molecule has 2 N–H and O–H groups in total. The number of ether oxygens (including phenoxy) is 1. The van der Waals surface area contributed by atoms with Crippen molar-refractivity contribution >= 4 is 17.0 Å². The zero-order valence-corrected chi connectivity index (χ0v) is 24.0. The zero-order valence-electron chi connectivity index (χ0n) is 24.0. The van der Waals surface area contributed by atoms with E-state index in [0.29, 0.717) is 19.6 Å². The van der Waals surface area contributed by atoms with E-state index in [1.165, 1.54) is 6.07 Å². The number of aliphatic carboxylic acids is 1. The van der Waals surface area contributed by atoms with Crippen LogP contribution in [0.4, 0.5) is 0 Å². The van der Waals surface area contributed by atoms with Gasteiger partial charge in [0.2, 0.25) is 5.56 Å². The average molecular weight is 544 g/mol. The molecular formula is C31H37N5O4. The Morgan fingerprint density at radius 1 is 1.20 bits per heavy atom. The van der Waals surface area contributed by atoms with Crippen molar-refractivity contribution in [3.63, 3.8) is 0 Å². The summed E-state index contributed by atoms with van der Waals surface area (Å²) in [5.74, 6) is -0.560. The Morgan fingerprint density at radius 2 is 1.98 bits per heavy atom. The summed E-state index contributed by atoms with van der Waals surface area (Å²) in [7, 11) is 1.85. The number of fused-ring (bicyclic) bond motifs is 2. The van der Waals surface area contributed by atoms with Gasteiger partial charge in [-0.2, -0.15) is 0 Å². The Morgan fingerprint density at radius 3 is 2.70 bits per heavy atom. The molecule has 3 heterocycles. The first-order valence-electron chi connectivity index (χ1n) is 13.7. The molecule has 1 aliphatic rings. The molecule has 0 aliphatic carbocycles. The van der Waals surface area contributed by atoms with Gasteiger partial charge in [0.05, 0.1) is 16.6 Å². The van der Waals surface area contributed by atoms with Gasteiger partial charge in [-0.3, -0.25) is 14.5 Å². The van der Waals surface area contributed by atoms with Crippen LogP contribution < -0.4 is 10.3 Å². The predicted octanol–water partition coefficient (Wildman–Crippen LogP) is 4.69. The molecule has 210 valence electrons. The molecule has 0 unspecified atom stereocenters. The maximum atomic E-state index is 12.6. The smallest absolute Gasteiger partial charge is 0.310 e. The van der Waals surface area contributed by atoms with Crippen molar-refractivity contribution in [1.29, 1.82) is 0 Å². The summed E-state index contributed by atoms with van der Waals surface area (Å²) in [6.45, 7) is 11.6. The van der Waals surface area contributed by atoms with Gasteiger partial charge in [-0.25, -0.2) is 4.68 Å². The van der Waals surface area contributed by atoms with Crippen LogP contribution in [0.3, 0.4) is 0 Å². The van der Waals surface area contributed by atoms with Crippen molar-refractivity contribution < 1.29 is 14.6 Å². The molecule has 0 bridgehead atoms. The average Bonchev–Trinajstić information content (AvgIpc) is 3.19. The Balaban J connectivity index is 1.57. The van der Waals surface area contributed by atoms with E-state index in [1.807, 2.05) is 32.2 Å². The van der Waals surface area contributed by atoms with Gasteiger partial charge in [0, 0.05) is 38.7 Å². The molecule has 1 aliphatic heterocycles. The molecule has 0 saturated carbocycles. The molecule has 0 spiro atoms. The lowest BCUT2D eigenvalue weighted by Crippen LogP contribution is -2.33. The molecule has 40 heavy (non-hydrogen) atoms. The predicted molar refractivity (Wildman–Crippen MR) is 154 cm³/mol. The van der Waals surface area contributed by atoms with Gasteiger partial charge in [0.15, 0.2) is 0 Å². The first-order valence-corrected chi connectivity index (χ1v) is 13.7. The first kappa shape index (κ1) is 27.6. The lowest BCUT2D eigenvalue weighted by molar-refractivity contribution is -0.147. The first-order chi connectivity index (χ1) is 19.0. The van der Waals surface area contributed by atoms with Crippen LogP contribution in [0.1, 0.15) is 66.6 Å². The fourth-order valence-electron chi connectivity index (χ4n) is 5.81. The van der Waals surface area contributed by atoms with Gasteiger partial charge in [-0.15, -0.1) is 5.10 Å². The number of aromatic amines is 1. The van der Waals surface area contributed by atoms with Gasteiger partial charge in [0.1, 0.15) is 17.4 Å². The van der Waals surface area contributed by atoms with Crippen molar-refractivity contribution in [3.05, 3.63) is 86.3 Å². The number of carbonyl (C=O) groups is 1. The van der Waals surface area contributed by atoms with Crippen molar-refractivity contribution in [2.75, 3.05) is 6.54 Å². The fourth-order valence-corrected chi connectivity index (χ4v) is 5.81. The molecule has 2 aromatic carbocycles.